The molecule has 0 bridgehead atoms. The van der Waals surface area contributed by atoms with Gasteiger partial charge in [-0.1, -0.05) is 12.1 Å². The summed E-state index contributed by atoms with van der Waals surface area (Å²) in [6, 6.07) is 3.92. The van der Waals surface area contributed by atoms with Gasteiger partial charge >= 0.3 is 0 Å². The van der Waals surface area contributed by atoms with Crippen LogP contribution in [0.25, 0.3) is 0 Å². The normalized spacial score (nSPS) is 10.7. The van der Waals surface area contributed by atoms with E-state index in [1.165, 1.54) is 0 Å². The van der Waals surface area contributed by atoms with Gasteiger partial charge in [0.1, 0.15) is 12.4 Å². The van der Waals surface area contributed by atoms with Crippen LogP contribution in [0.1, 0.15) is 24.0 Å². The number of pyridine rings is 1. The highest BCUT2D eigenvalue weighted by molar-refractivity contribution is 5.29. The summed E-state index contributed by atoms with van der Waals surface area (Å²) in [6.45, 7) is 5.63. The number of rotatable bonds is 6. The van der Waals surface area contributed by atoms with Crippen molar-refractivity contribution in [3.63, 3.8) is 0 Å². The first-order valence-electron chi connectivity index (χ1n) is 6.41. The summed E-state index contributed by atoms with van der Waals surface area (Å²) in [5, 5.41) is 7.89. The van der Waals surface area contributed by atoms with E-state index in [4.69, 9.17) is 10.5 Å². The Bertz CT molecular complexity index is 538. The van der Waals surface area contributed by atoms with Crippen molar-refractivity contribution in [2.24, 2.45) is 5.73 Å². The summed E-state index contributed by atoms with van der Waals surface area (Å²) in [5.74, 6) is 0.840. The van der Waals surface area contributed by atoms with Crippen LogP contribution >= 0.6 is 0 Å². The van der Waals surface area contributed by atoms with E-state index in [0.29, 0.717) is 19.7 Å². The molecule has 0 aliphatic rings. The van der Waals surface area contributed by atoms with Crippen molar-refractivity contribution in [2.45, 2.75) is 33.4 Å². The summed E-state index contributed by atoms with van der Waals surface area (Å²) in [4.78, 5) is 4.46. The number of ether oxygens (including phenoxy) is 1. The zero-order chi connectivity index (χ0) is 13.7. The maximum absolute atomic E-state index is 5.75. The first-order valence-corrected chi connectivity index (χ1v) is 6.41. The molecule has 6 heteroatoms. The van der Waals surface area contributed by atoms with E-state index >= 15 is 0 Å². The van der Waals surface area contributed by atoms with Gasteiger partial charge < -0.3 is 10.5 Å². The van der Waals surface area contributed by atoms with Crippen molar-refractivity contribution < 1.29 is 4.74 Å². The van der Waals surface area contributed by atoms with Crippen LogP contribution < -0.4 is 10.5 Å². The van der Waals surface area contributed by atoms with Crippen molar-refractivity contribution in [1.82, 2.24) is 20.0 Å². The summed E-state index contributed by atoms with van der Waals surface area (Å²) in [5.41, 5.74) is 8.26. The maximum Gasteiger partial charge on any atom is 0.140 e. The molecule has 0 saturated heterocycles. The third-order valence-corrected chi connectivity index (χ3v) is 2.78. The van der Waals surface area contributed by atoms with Crippen molar-refractivity contribution >= 4 is 0 Å². The van der Waals surface area contributed by atoms with E-state index in [-0.39, 0.29) is 0 Å². The van der Waals surface area contributed by atoms with E-state index in [9.17, 15) is 0 Å². The molecule has 0 aliphatic heterocycles. The van der Waals surface area contributed by atoms with Crippen LogP contribution in [0.5, 0.6) is 5.75 Å². The third-order valence-electron chi connectivity index (χ3n) is 2.78. The molecule has 19 heavy (non-hydrogen) atoms. The lowest BCUT2D eigenvalue weighted by atomic mass is 10.2. The van der Waals surface area contributed by atoms with Crippen molar-refractivity contribution in [3.05, 3.63) is 35.4 Å². The van der Waals surface area contributed by atoms with Crippen LogP contribution in [-0.4, -0.2) is 26.6 Å². The Kier molecular flexibility index (Phi) is 4.46. The van der Waals surface area contributed by atoms with Crippen molar-refractivity contribution in [3.8, 4) is 5.75 Å². The quantitative estimate of drug-likeness (QED) is 0.841. The molecule has 102 valence electrons. The lowest BCUT2D eigenvalue weighted by Gasteiger charge is -2.10. The van der Waals surface area contributed by atoms with Gasteiger partial charge in [0.15, 0.2) is 0 Å². The predicted octanol–water partition coefficient (Wildman–Crippen LogP) is 1.08. The zero-order valence-electron chi connectivity index (χ0n) is 11.3. The number of hydrogen-bond acceptors (Lipinski definition) is 5. The molecule has 2 rings (SSSR count). The van der Waals surface area contributed by atoms with Gasteiger partial charge in [-0.3, -0.25) is 4.98 Å². The standard InChI is InChI=1S/C13H19N5O/c1-3-12-13(5-4-10(2)15-12)19-7-6-18-9-11(8-14)16-17-18/h4-5,9H,3,6-8,14H2,1-2H3. The number of hydrogen-bond donors (Lipinski definition) is 1. The Morgan fingerprint density at radius 2 is 2.21 bits per heavy atom. The van der Waals surface area contributed by atoms with Gasteiger partial charge in [0.05, 0.1) is 17.9 Å². The highest BCUT2D eigenvalue weighted by atomic mass is 16.5. The van der Waals surface area contributed by atoms with Crippen LogP contribution in [0, 0.1) is 6.92 Å². The van der Waals surface area contributed by atoms with E-state index in [1.807, 2.05) is 25.3 Å². The molecule has 2 aromatic heterocycles. The third kappa shape index (κ3) is 3.51. The summed E-state index contributed by atoms with van der Waals surface area (Å²) < 4.78 is 7.48. The molecule has 0 aromatic carbocycles. The highest BCUT2D eigenvalue weighted by Crippen LogP contribution is 2.17. The van der Waals surface area contributed by atoms with Gasteiger partial charge in [-0.2, -0.15) is 0 Å². The summed E-state index contributed by atoms with van der Waals surface area (Å²) in [6.07, 6.45) is 2.69. The van der Waals surface area contributed by atoms with E-state index in [0.717, 1.165) is 29.3 Å². The molecule has 6 nitrogen and oxygen atoms in total. The van der Waals surface area contributed by atoms with Crippen LogP contribution in [0.15, 0.2) is 18.3 Å². The highest BCUT2D eigenvalue weighted by Gasteiger charge is 2.04. The van der Waals surface area contributed by atoms with Gasteiger partial charge in [-0.25, -0.2) is 4.68 Å². The van der Waals surface area contributed by atoms with Crippen LogP contribution in [0.2, 0.25) is 0 Å². The average Bonchev–Trinajstić information content (AvgIpc) is 2.88. The fourth-order valence-corrected chi connectivity index (χ4v) is 1.77. The Morgan fingerprint density at radius 1 is 1.37 bits per heavy atom. The van der Waals surface area contributed by atoms with Gasteiger partial charge in [0, 0.05) is 18.4 Å². The van der Waals surface area contributed by atoms with E-state index in [1.54, 1.807) is 4.68 Å². The topological polar surface area (TPSA) is 78.9 Å². The molecular weight excluding hydrogens is 242 g/mol. The molecule has 0 aliphatic carbocycles. The summed E-state index contributed by atoms with van der Waals surface area (Å²) >= 11 is 0. The largest absolute Gasteiger partial charge is 0.490 e. The molecule has 0 fully saturated rings. The molecule has 0 radical (unpaired) electrons. The average molecular weight is 261 g/mol. The Labute approximate surface area is 112 Å². The van der Waals surface area contributed by atoms with Crippen molar-refractivity contribution in [2.75, 3.05) is 6.61 Å². The fraction of sp³-hybridized carbons (Fsp3) is 0.462. The smallest absolute Gasteiger partial charge is 0.140 e. The fourth-order valence-electron chi connectivity index (χ4n) is 1.77. The maximum atomic E-state index is 5.75. The van der Waals surface area contributed by atoms with Gasteiger partial charge in [-0.05, 0) is 25.5 Å². The van der Waals surface area contributed by atoms with E-state index in [2.05, 4.69) is 22.2 Å². The van der Waals surface area contributed by atoms with Crippen LogP contribution in [0.4, 0.5) is 0 Å². The predicted molar refractivity (Wildman–Crippen MR) is 71.8 cm³/mol. The number of aromatic nitrogens is 4. The van der Waals surface area contributed by atoms with E-state index < -0.39 is 0 Å². The van der Waals surface area contributed by atoms with Crippen molar-refractivity contribution in [1.29, 1.82) is 0 Å². The number of nitrogens with two attached hydrogens (primary N) is 1. The molecule has 2 aromatic rings. The molecule has 0 saturated carbocycles. The van der Waals surface area contributed by atoms with Gasteiger partial charge in [0.2, 0.25) is 0 Å². The molecule has 0 amide bonds. The minimum Gasteiger partial charge on any atom is -0.490 e. The zero-order valence-corrected chi connectivity index (χ0v) is 11.3. The Balaban J connectivity index is 1.92. The lowest BCUT2D eigenvalue weighted by molar-refractivity contribution is 0.285. The second-order valence-corrected chi connectivity index (χ2v) is 4.28. The summed E-state index contributed by atoms with van der Waals surface area (Å²) in [7, 11) is 0. The SMILES string of the molecule is CCc1nc(C)ccc1OCCn1cc(CN)nn1. The molecule has 0 unspecified atom stereocenters. The molecule has 0 atom stereocenters. The first kappa shape index (κ1) is 13.5. The second kappa shape index (κ2) is 6.29. The number of nitrogens with zero attached hydrogens (tertiary/aromatic N) is 4. The monoisotopic (exact) mass is 261 g/mol. The lowest BCUT2D eigenvalue weighted by Crippen LogP contribution is -2.10. The van der Waals surface area contributed by atoms with Gasteiger partial charge in [-0.15, -0.1) is 5.10 Å². The minimum absolute atomic E-state index is 0.405. The Morgan fingerprint density at radius 3 is 2.89 bits per heavy atom. The molecular formula is C13H19N5O. The second-order valence-electron chi connectivity index (χ2n) is 4.28. The van der Waals surface area contributed by atoms with Crippen LogP contribution in [0.3, 0.4) is 0 Å². The molecule has 0 spiro atoms. The molecule has 2 heterocycles. The minimum atomic E-state index is 0.405. The molecule has 2 N–H and O–H groups in total. The Hall–Kier alpha value is -1.95. The number of aryl methyl sites for hydroxylation is 2. The first-order chi connectivity index (χ1) is 9.22. The van der Waals surface area contributed by atoms with Crippen LogP contribution in [-0.2, 0) is 19.5 Å². The van der Waals surface area contributed by atoms with Gasteiger partial charge in [0.25, 0.3) is 0 Å².